The van der Waals surface area contributed by atoms with Gasteiger partial charge in [-0.1, -0.05) is 46.1 Å². The van der Waals surface area contributed by atoms with E-state index < -0.39 is 6.29 Å². The Balaban J connectivity index is 2.88. The van der Waals surface area contributed by atoms with E-state index in [4.69, 9.17) is 4.74 Å². The van der Waals surface area contributed by atoms with E-state index in [9.17, 15) is 5.11 Å². The van der Waals surface area contributed by atoms with Gasteiger partial charge in [-0.3, -0.25) is 0 Å². The van der Waals surface area contributed by atoms with Crippen LogP contribution in [0.25, 0.3) is 0 Å². The first-order valence-corrected chi connectivity index (χ1v) is 7.50. The maximum Gasteiger partial charge on any atom is 0.161 e. The minimum Gasteiger partial charge on any atom is -0.367 e. The average Bonchev–Trinajstić information content (AvgIpc) is 2.61. The predicted molar refractivity (Wildman–Crippen MR) is 81.0 cm³/mol. The van der Waals surface area contributed by atoms with Gasteiger partial charge < -0.3 is 9.84 Å². The van der Waals surface area contributed by atoms with Crippen LogP contribution in [0, 0.1) is 10.8 Å². The summed E-state index contributed by atoms with van der Waals surface area (Å²) in [6.07, 6.45) is 4.56. The van der Waals surface area contributed by atoms with Gasteiger partial charge in [0.15, 0.2) is 6.29 Å². The Hall–Kier alpha value is -0.340. The molecule has 0 spiro atoms. The lowest BCUT2D eigenvalue weighted by Crippen LogP contribution is -2.48. The van der Waals surface area contributed by atoms with Crippen molar-refractivity contribution >= 4 is 0 Å². The van der Waals surface area contributed by atoms with Gasteiger partial charge in [-0.15, -0.1) is 6.58 Å². The zero-order valence-electron chi connectivity index (χ0n) is 13.7. The van der Waals surface area contributed by atoms with Crippen molar-refractivity contribution in [3.05, 3.63) is 12.2 Å². The number of rotatable bonds is 5. The van der Waals surface area contributed by atoms with E-state index in [-0.39, 0.29) is 16.4 Å². The minimum absolute atomic E-state index is 0.0413. The molecule has 1 saturated carbocycles. The first-order valence-electron chi connectivity index (χ1n) is 7.50. The summed E-state index contributed by atoms with van der Waals surface area (Å²) in [7, 11) is 0. The van der Waals surface area contributed by atoms with Crippen LogP contribution in [0.4, 0.5) is 0 Å². The van der Waals surface area contributed by atoms with Crippen molar-refractivity contribution in [3.63, 3.8) is 0 Å². The van der Waals surface area contributed by atoms with E-state index in [2.05, 4.69) is 41.2 Å². The fourth-order valence-electron chi connectivity index (χ4n) is 2.99. The van der Waals surface area contributed by atoms with Gasteiger partial charge in [-0.25, -0.2) is 0 Å². The summed E-state index contributed by atoms with van der Waals surface area (Å²) in [5.74, 6) is 0. The number of aliphatic hydroxyl groups is 1. The van der Waals surface area contributed by atoms with Gasteiger partial charge in [0.1, 0.15) is 0 Å². The van der Waals surface area contributed by atoms with E-state index in [0.717, 1.165) is 24.8 Å². The molecule has 0 aromatic rings. The van der Waals surface area contributed by atoms with E-state index in [0.29, 0.717) is 0 Å². The molecule has 2 unspecified atom stereocenters. The lowest BCUT2D eigenvalue weighted by atomic mass is 9.64. The topological polar surface area (TPSA) is 29.5 Å². The monoisotopic (exact) mass is 268 g/mol. The molecule has 0 heterocycles. The van der Waals surface area contributed by atoms with Crippen molar-refractivity contribution in [1.29, 1.82) is 0 Å². The summed E-state index contributed by atoms with van der Waals surface area (Å²) < 4.78 is 6.11. The van der Waals surface area contributed by atoms with Gasteiger partial charge in [0.2, 0.25) is 0 Å². The summed E-state index contributed by atoms with van der Waals surface area (Å²) in [5.41, 5.74) is 0.586. The molecule has 0 amide bonds. The predicted octanol–water partition coefficient (Wildman–Crippen LogP) is 4.67. The molecule has 2 nitrogen and oxygen atoms in total. The van der Waals surface area contributed by atoms with Gasteiger partial charge in [-0.2, -0.15) is 0 Å². The standard InChI is InChI=1S/C17H32O2/c1-13(2)12-17(7,15(3,4)5)14(18)19-16(6)10-8-9-11-16/h14,18H,1,8-12H2,2-7H3. The molecule has 0 radical (unpaired) electrons. The maximum atomic E-state index is 10.7. The summed E-state index contributed by atoms with van der Waals surface area (Å²) in [4.78, 5) is 0. The van der Waals surface area contributed by atoms with Crippen LogP contribution in [0.15, 0.2) is 12.2 Å². The molecule has 0 aliphatic heterocycles. The normalized spacial score (nSPS) is 23.9. The van der Waals surface area contributed by atoms with Gasteiger partial charge in [-0.05, 0) is 38.5 Å². The molecule has 1 rings (SSSR count). The molecule has 1 aliphatic rings. The van der Waals surface area contributed by atoms with E-state index in [1.807, 2.05) is 6.92 Å². The molecule has 1 aliphatic carbocycles. The number of hydrogen-bond donors (Lipinski definition) is 1. The molecule has 0 saturated heterocycles. The number of hydrogen-bond acceptors (Lipinski definition) is 2. The molecule has 112 valence electrons. The van der Waals surface area contributed by atoms with Gasteiger partial charge >= 0.3 is 0 Å². The van der Waals surface area contributed by atoms with E-state index in [1.165, 1.54) is 12.8 Å². The second-order valence-corrected chi connectivity index (χ2v) is 7.93. The molecule has 0 bridgehead atoms. The second-order valence-electron chi connectivity index (χ2n) is 7.93. The fraction of sp³-hybridized carbons (Fsp3) is 0.882. The van der Waals surface area contributed by atoms with Crippen molar-refractivity contribution in [2.45, 2.75) is 85.5 Å². The Bertz CT molecular complexity index is 321. The van der Waals surface area contributed by atoms with Crippen LogP contribution in [-0.2, 0) is 4.74 Å². The molecular formula is C17H32O2. The Morgan fingerprint density at radius 1 is 1.26 bits per heavy atom. The lowest BCUT2D eigenvalue weighted by molar-refractivity contribution is -0.250. The van der Waals surface area contributed by atoms with Crippen molar-refractivity contribution < 1.29 is 9.84 Å². The molecule has 0 aromatic heterocycles. The smallest absolute Gasteiger partial charge is 0.161 e. The summed E-state index contributed by atoms with van der Waals surface area (Å²) in [6.45, 7) is 16.8. The highest BCUT2D eigenvalue weighted by Gasteiger charge is 2.47. The summed E-state index contributed by atoms with van der Waals surface area (Å²) in [6, 6.07) is 0. The molecule has 2 atom stereocenters. The Morgan fingerprint density at radius 3 is 2.11 bits per heavy atom. The van der Waals surface area contributed by atoms with Crippen molar-refractivity contribution in [1.82, 2.24) is 0 Å². The first-order chi connectivity index (χ1) is 8.50. The highest BCUT2D eigenvalue weighted by atomic mass is 16.6. The number of aliphatic hydroxyl groups excluding tert-OH is 1. The third-order valence-corrected chi connectivity index (χ3v) is 4.98. The van der Waals surface area contributed by atoms with Crippen LogP contribution < -0.4 is 0 Å². The van der Waals surface area contributed by atoms with Crippen LogP contribution >= 0.6 is 0 Å². The van der Waals surface area contributed by atoms with Crippen LogP contribution in [0.3, 0.4) is 0 Å². The molecular weight excluding hydrogens is 236 g/mol. The number of ether oxygens (including phenoxy) is 1. The fourth-order valence-corrected chi connectivity index (χ4v) is 2.99. The highest BCUT2D eigenvalue weighted by molar-refractivity contribution is 5.02. The third kappa shape index (κ3) is 3.82. The largest absolute Gasteiger partial charge is 0.367 e. The van der Waals surface area contributed by atoms with Crippen LogP contribution in [0.5, 0.6) is 0 Å². The SMILES string of the molecule is C=C(C)CC(C)(C(O)OC1(C)CCCC1)C(C)(C)C. The molecule has 19 heavy (non-hydrogen) atoms. The van der Waals surface area contributed by atoms with Gasteiger partial charge in [0, 0.05) is 5.41 Å². The van der Waals surface area contributed by atoms with Crippen molar-refractivity contribution in [2.75, 3.05) is 0 Å². The zero-order chi connectivity index (χ0) is 14.9. The quantitative estimate of drug-likeness (QED) is 0.580. The molecule has 0 aromatic carbocycles. The first kappa shape index (κ1) is 16.7. The maximum absolute atomic E-state index is 10.7. The second kappa shape index (κ2) is 5.57. The van der Waals surface area contributed by atoms with Crippen LogP contribution in [0.2, 0.25) is 0 Å². The average molecular weight is 268 g/mol. The Labute approximate surface area is 119 Å². The Kier molecular flexibility index (Phi) is 4.90. The van der Waals surface area contributed by atoms with Crippen LogP contribution in [-0.4, -0.2) is 17.0 Å². The van der Waals surface area contributed by atoms with Gasteiger partial charge in [0.05, 0.1) is 5.60 Å². The third-order valence-electron chi connectivity index (χ3n) is 4.98. The minimum atomic E-state index is -0.743. The number of allylic oxidation sites excluding steroid dienone is 1. The van der Waals surface area contributed by atoms with E-state index in [1.54, 1.807) is 0 Å². The Morgan fingerprint density at radius 2 is 1.74 bits per heavy atom. The zero-order valence-corrected chi connectivity index (χ0v) is 13.7. The molecule has 1 N–H and O–H groups in total. The lowest BCUT2D eigenvalue weighted by Gasteiger charge is -2.47. The van der Waals surface area contributed by atoms with Gasteiger partial charge in [0.25, 0.3) is 0 Å². The highest BCUT2D eigenvalue weighted by Crippen LogP contribution is 2.48. The summed E-state index contributed by atoms with van der Waals surface area (Å²) >= 11 is 0. The molecule has 2 heteroatoms. The summed E-state index contributed by atoms with van der Waals surface area (Å²) in [5, 5.41) is 10.7. The van der Waals surface area contributed by atoms with Crippen molar-refractivity contribution in [2.24, 2.45) is 10.8 Å². The van der Waals surface area contributed by atoms with E-state index >= 15 is 0 Å². The van der Waals surface area contributed by atoms with Crippen LogP contribution in [0.1, 0.15) is 73.6 Å². The van der Waals surface area contributed by atoms with Crippen molar-refractivity contribution in [3.8, 4) is 0 Å². The molecule has 1 fully saturated rings.